The second kappa shape index (κ2) is 4.91. The van der Waals surface area contributed by atoms with E-state index in [1.54, 1.807) is 0 Å². The molecule has 6 heteroatoms. The molecule has 0 bridgehead atoms. The lowest BCUT2D eigenvalue weighted by atomic mass is 10.1. The van der Waals surface area contributed by atoms with Crippen molar-refractivity contribution in [2.75, 3.05) is 0 Å². The van der Waals surface area contributed by atoms with Gasteiger partial charge < -0.3 is 0 Å². The third kappa shape index (κ3) is 2.55. The van der Waals surface area contributed by atoms with Gasteiger partial charge in [-0.25, -0.2) is 0 Å². The minimum Gasteiger partial charge on any atom is -0.289 e. The Bertz CT molecular complexity index is 443. The standard InChI is InChI=1S/C9H5Cl2NO3/c10-5-4-8(13)9-6(11)2-1-3-7(9)12(14)15/h1-5H/b5-4+. The lowest BCUT2D eigenvalue weighted by Gasteiger charge is -2.00. The largest absolute Gasteiger partial charge is 0.289 e. The van der Waals surface area contributed by atoms with Gasteiger partial charge >= 0.3 is 0 Å². The van der Waals surface area contributed by atoms with Crippen LogP contribution in [0.15, 0.2) is 29.8 Å². The molecule has 0 unspecified atom stereocenters. The number of nitro groups is 1. The van der Waals surface area contributed by atoms with Gasteiger partial charge in [-0.2, -0.15) is 0 Å². The van der Waals surface area contributed by atoms with Gasteiger partial charge in [-0.1, -0.05) is 29.3 Å². The summed E-state index contributed by atoms with van der Waals surface area (Å²) in [7, 11) is 0. The molecule has 1 aromatic rings. The minimum atomic E-state index is -0.665. The third-order valence-electron chi connectivity index (χ3n) is 1.65. The second-order valence-corrected chi connectivity index (χ2v) is 3.21. The quantitative estimate of drug-likeness (QED) is 0.356. The van der Waals surface area contributed by atoms with Crippen molar-refractivity contribution >= 4 is 34.7 Å². The molecule has 0 amide bonds. The highest BCUT2D eigenvalue weighted by molar-refractivity contribution is 6.36. The molecule has 0 heterocycles. The highest BCUT2D eigenvalue weighted by Gasteiger charge is 2.21. The van der Waals surface area contributed by atoms with Crippen molar-refractivity contribution in [3.63, 3.8) is 0 Å². The van der Waals surface area contributed by atoms with Crippen LogP contribution >= 0.6 is 23.2 Å². The SMILES string of the molecule is O=C(/C=C/Cl)c1c(Cl)cccc1[N+](=O)[O-]. The average molecular weight is 246 g/mol. The summed E-state index contributed by atoms with van der Waals surface area (Å²) in [5.41, 5.74) is 0.499. The molecule has 0 radical (unpaired) electrons. The van der Waals surface area contributed by atoms with Crippen LogP contribution in [0.3, 0.4) is 0 Å². The van der Waals surface area contributed by atoms with Gasteiger partial charge in [0.15, 0.2) is 5.78 Å². The highest BCUT2D eigenvalue weighted by atomic mass is 35.5. The fourth-order valence-corrected chi connectivity index (χ4v) is 1.43. The topological polar surface area (TPSA) is 60.2 Å². The van der Waals surface area contributed by atoms with Crippen molar-refractivity contribution in [1.29, 1.82) is 0 Å². The van der Waals surface area contributed by atoms with Gasteiger partial charge in [0.25, 0.3) is 5.69 Å². The van der Waals surface area contributed by atoms with Crippen LogP contribution in [0.4, 0.5) is 5.69 Å². The summed E-state index contributed by atoms with van der Waals surface area (Å²) < 4.78 is 0. The zero-order chi connectivity index (χ0) is 11.4. The van der Waals surface area contributed by atoms with Gasteiger partial charge in [-0.3, -0.25) is 14.9 Å². The molecule has 0 saturated heterocycles. The maximum absolute atomic E-state index is 11.4. The molecule has 4 nitrogen and oxygen atoms in total. The van der Waals surface area contributed by atoms with Gasteiger partial charge in [-0.15, -0.1) is 0 Å². The summed E-state index contributed by atoms with van der Waals surface area (Å²) >= 11 is 10.9. The van der Waals surface area contributed by atoms with Crippen molar-refractivity contribution < 1.29 is 9.72 Å². The van der Waals surface area contributed by atoms with Gasteiger partial charge in [-0.05, 0) is 12.1 Å². The summed E-state index contributed by atoms with van der Waals surface area (Å²) in [6.45, 7) is 0. The first-order valence-corrected chi connectivity index (χ1v) is 4.63. The number of ketones is 1. The molecule has 0 N–H and O–H groups in total. The van der Waals surface area contributed by atoms with E-state index in [2.05, 4.69) is 0 Å². The number of benzene rings is 1. The van der Waals surface area contributed by atoms with Crippen LogP contribution in [0.2, 0.25) is 5.02 Å². The normalized spacial score (nSPS) is 10.5. The highest BCUT2D eigenvalue weighted by Crippen LogP contribution is 2.26. The number of carbonyl (C=O) groups is 1. The Morgan fingerprint density at radius 1 is 1.47 bits per heavy atom. The fourth-order valence-electron chi connectivity index (χ4n) is 1.05. The van der Waals surface area contributed by atoms with Gasteiger partial charge in [0.2, 0.25) is 0 Å². The number of rotatable bonds is 3. The Morgan fingerprint density at radius 2 is 2.13 bits per heavy atom. The first-order chi connectivity index (χ1) is 7.07. The molecule has 1 rings (SSSR count). The second-order valence-electron chi connectivity index (χ2n) is 2.55. The van der Waals surface area contributed by atoms with Crippen molar-refractivity contribution in [3.05, 3.63) is 50.5 Å². The van der Waals surface area contributed by atoms with Crippen LogP contribution in [-0.4, -0.2) is 10.7 Å². The molecule has 0 aliphatic heterocycles. The lowest BCUT2D eigenvalue weighted by Crippen LogP contribution is -2.01. The number of nitrogens with zero attached hydrogens (tertiary/aromatic N) is 1. The summed E-state index contributed by atoms with van der Waals surface area (Å²) in [6.07, 6.45) is 1.01. The molecule has 0 atom stereocenters. The van der Waals surface area contributed by atoms with E-state index in [0.29, 0.717) is 0 Å². The predicted molar refractivity (Wildman–Crippen MR) is 57.4 cm³/mol. The number of halogens is 2. The molecule has 0 spiro atoms. The predicted octanol–water partition coefficient (Wildman–Crippen LogP) is 3.18. The van der Waals surface area contributed by atoms with Crippen molar-refractivity contribution in [1.82, 2.24) is 0 Å². The first-order valence-electron chi connectivity index (χ1n) is 3.82. The molecule has 1 aromatic carbocycles. The summed E-state index contributed by atoms with van der Waals surface area (Å²) in [6, 6.07) is 4.02. The van der Waals surface area contributed by atoms with E-state index in [1.807, 2.05) is 0 Å². The Morgan fingerprint density at radius 3 is 2.67 bits per heavy atom. The molecular weight excluding hydrogens is 241 g/mol. The smallest absolute Gasteiger partial charge is 0.282 e. The third-order valence-corrected chi connectivity index (χ3v) is 2.09. The number of nitro benzene ring substituents is 1. The van der Waals surface area contributed by atoms with Crippen LogP contribution in [0.5, 0.6) is 0 Å². The average Bonchev–Trinajstić information content (AvgIpc) is 2.17. The molecule has 15 heavy (non-hydrogen) atoms. The molecular formula is C9H5Cl2NO3. The van der Waals surface area contributed by atoms with E-state index < -0.39 is 10.7 Å². The van der Waals surface area contributed by atoms with E-state index in [1.165, 1.54) is 18.2 Å². The van der Waals surface area contributed by atoms with Crippen LogP contribution in [0, 0.1) is 10.1 Å². The van der Waals surface area contributed by atoms with Crippen LogP contribution in [-0.2, 0) is 0 Å². The van der Waals surface area contributed by atoms with E-state index in [9.17, 15) is 14.9 Å². The molecule has 0 aromatic heterocycles. The lowest BCUT2D eigenvalue weighted by molar-refractivity contribution is -0.385. The van der Waals surface area contributed by atoms with E-state index in [4.69, 9.17) is 23.2 Å². The number of carbonyl (C=O) groups excluding carboxylic acids is 1. The van der Waals surface area contributed by atoms with Crippen molar-refractivity contribution in [2.45, 2.75) is 0 Å². The number of hydrogen-bond donors (Lipinski definition) is 0. The Labute approximate surface area is 95.3 Å². The van der Waals surface area contributed by atoms with Crippen molar-refractivity contribution in [3.8, 4) is 0 Å². The minimum absolute atomic E-state index is 0.0315. The van der Waals surface area contributed by atoms with Gasteiger partial charge in [0, 0.05) is 11.6 Å². The Hall–Kier alpha value is -1.39. The molecule has 0 saturated carbocycles. The Balaban J connectivity index is 3.37. The summed E-state index contributed by atoms with van der Waals surface area (Å²) in [4.78, 5) is 21.4. The van der Waals surface area contributed by atoms with Crippen LogP contribution in [0.25, 0.3) is 0 Å². The van der Waals surface area contributed by atoms with Gasteiger partial charge in [0.05, 0.1) is 9.95 Å². The monoisotopic (exact) mass is 245 g/mol. The molecule has 78 valence electrons. The van der Waals surface area contributed by atoms with Crippen LogP contribution < -0.4 is 0 Å². The van der Waals surface area contributed by atoms with E-state index in [0.717, 1.165) is 11.6 Å². The van der Waals surface area contributed by atoms with E-state index >= 15 is 0 Å². The zero-order valence-corrected chi connectivity index (χ0v) is 8.83. The number of allylic oxidation sites excluding steroid dienone is 1. The molecule has 0 fully saturated rings. The summed E-state index contributed by atoms with van der Waals surface area (Å²) in [5.74, 6) is -0.595. The van der Waals surface area contributed by atoms with Crippen LogP contribution in [0.1, 0.15) is 10.4 Å². The maximum atomic E-state index is 11.4. The summed E-state index contributed by atoms with van der Waals surface area (Å²) in [5, 5.41) is 10.7. The zero-order valence-electron chi connectivity index (χ0n) is 7.31. The number of hydrogen-bond acceptors (Lipinski definition) is 3. The Kier molecular flexibility index (Phi) is 3.82. The molecule has 0 aliphatic carbocycles. The fraction of sp³-hybridized carbons (Fsp3) is 0. The van der Waals surface area contributed by atoms with Gasteiger partial charge in [0.1, 0.15) is 5.56 Å². The molecule has 0 aliphatic rings. The van der Waals surface area contributed by atoms with E-state index in [-0.39, 0.29) is 16.3 Å². The first kappa shape index (κ1) is 11.7. The van der Waals surface area contributed by atoms with Crippen molar-refractivity contribution in [2.24, 2.45) is 0 Å². The maximum Gasteiger partial charge on any atom is 0.282 e.